The predicted molar refractivity (Wildman–Crippen MR) is 124 cm³/mol. The van der Waals surface area contributed by atoms with E-state index in [1.807, 2.05) is 26.8 Å². The van der Waals surface area contributed by atoms with E-state index in [1.165, 1.54) is 6.20 Å². The van der Waals surface area contributed by atoms with Crippen molar-refractivity contribution in [2.45, 2.75) is 33.6 Å². The molecule has 168 valence electrons. The van der Waals surface area contributed by atoms with Crippen molar-refractivity contribution in [3.8, 4) is 23.8 Å². The largest absolute Gasteiger partial charge is 0.438 e. The molecule has 0 spiro atoms. The molecule has 0 saturated heterocycles. The van der Waals surface area contributed by atoms with E-state index in [4.69, 9.17) is 4.74 Å². The highest BCUT2D eigenvalue weighted by Crippen LogP contribution is 2.27. The number of nitrogens with zero attached hydrogens (tertiary/aromatic N) is 6. The number of amides is 1. The summed E-state index contributed by atoms with van der Waals surface area (Å²) < 4.78 is 7.38. The Bertz CT molecular complexity index is 1490. The molecule has 9 nitrogen and oxygen atoms in total. The molecule has 34 heavy (non-hydrogen) atoms. The third-order valence-electron chi connectivity index (χ3n) is 5.51. The Hall–Kier alpha value is -4.76. The van der Waals surface area contributed by atoms with Gasteiger partial charge >= 0.3 is 0 Å². The fourth-order valence-electron chi connectivity index (χ4n) is 3.71. The Kier molecular flexibility index (Phi) is 6.20. The Balaban J connectivity index is 1.44. The average Bonchev–Trinajstić information content (AvgIpc) is 3.24. The Morgan fingerprint density at radius 2 is 1.94 bits per heavy atom. The molecule has 1 amide bonds. The van der Waals surface area contributed by atoms with Gasteiger partial charge in [-0.25, -0.2) is 14.5 Å². The normalized spacial score (nSPS) is 10.5. The van der Waals surface area contributed by atoms with Crippen molar-refractivity contribution in [3.63, 3.8) is 0 Å². The number of anilines is 1. The van der Waals surface area contributed by atoms with Crippen LogP contribution < -0.4 is 10.1 Å². The van der Waals surface area contributed by atoms with Crippen molar-refractivity contribution in [1.29, 1.82) is 10.5 Å². The number of rotatable bonds is 6. The highest BCUT2D eigenvalue weighted by molar-refractivity contribution is 5.91. The molecule has 0 atom stereocenters. The number of hydrogen-bond donors (Lipinski definition) is 1. The molecule has 0 bridgehead atoms. The minimum absolute atomic E-state index is 0.134. The number of ether oxygens (including phenoxy) is 1. The van der Waals surface area contributed by atoms with Crippen LogP contribution in [0.2, 0.25) is 0 Å². The van der Waals surface area contributed by atoms with E-state index in [1.54, 1.807) is 41.0 Å². The van der Waals surface area contributed by atoms with Gasteiger partial charge in [-0.2, -0.15) is 15.6 Å². The van der Waals surface area contributed by atoms with Crippen molar-refractivity contribution in [2.75, 3.05) is 5.32 Å². The van der Waals surface area contributed by atoms with Gasteiger partial charge in [0, 0.05) is 29.7 Å². The van der Waals surface area contributed by atoms with Gasteiger partial charge in [-0.15, -0.1) is 0 Å². The van der Waals surface area contributed by atoms with Crippen molar-refractivity contribution in [2.24, 2.45) is 0 Å². The van der Waals surface area contributed by atoms with Crippen LogP contribution in [0, 0.1) is 43.4 Å². The highest BCUT2D eigenvalue weighted by Gasteiger charge is 2.15. The molecule has 3 heterocycles. The van der Waals surface area contributed by atoms with E-state index in [0.717, 1.165) is 22.5 Å². The molecule has 3 aromatic heterocycles. The van der Waals surface area contributed by atoms with Gasteiger partial charge < -0.3 is 10.1 Å². The van der Waals surface area contributed by atoms with Crippen LogP contribution in [0.15, 0.2) is 42.7 Å². The molecule has 0 aliphatic heterocycles. The standard InChI is InChI=1S/C25H21N7O2/c1-15-11-20(34-25-18(12-26)5-4-10-28-25)6-8-22(15)31-23(33)9-7-21-16(2)30-24-19(13-27)14-29-32(24)17(21)3/h4-6,8,10-11,14H,7,9H2,1-3H3,(H,31,33). The van der Waals surface area contributed by atoms with Crippen molar-refractivity contribution in [1.82, 2.24) is 19.6 Å². The van der Waals surface area contributed by atoms with Crippen molar-refractivity contribution >= 4 is 17.2 Å². The quantitative estimate of drug-likeness (QED) is 0.466. The van der Waals surface area contributed by atoms with Gasteiger partial charge in [0.2, 0.25) is 11.8 Å². The van der Waals surface area contributed by atoms with Crippen LogP contribution in [0.25, 0.3) is 5.65 Å². The second-order valence-corrected chi connectivity index (χ2v) is 7.76. The molecular formula is C25H21N7O2. The van der Waals surface area contributed by atoms with E-state index < -0.39 is 0 Å². The van der Waals surface area contributed by atoms with Gasteiger partial charge in [0.05, 0.1) is 6.20 Å². The lowest BCUT2D eigenvalue weighted by molar-refractivity contribution is -0.116. The second-order valence-electron chi connectivity index (χ2n) is 7.76. The number of aromatic nitrogens is 4. The minimum Gasteiger partial charge on any atom is -0.438 e. The zero-order chi connectivity index (χ0) is 24.2. The highest BCUT2D eigenvalue weighted by atomic mass is 16.5. The molecule has 9 heteroatoms. The van der Waals surface area contributed by atoms with Crippen LogP contribution in [0.5, 0.6) is 11.6 Å². The van der Waals surface area contributed by atoms with Gasteiger partial charge in [-0.3, -0.25) is 4.79 Å². The number of carbonyl (C=O) groups is 1. The maximum absolute atomic E-state index is 12.7. The number of pyridine rings is 1. The molecule has 1 N–H and O–H groups in total. The number of fused-ring (bicyclic) bond motifs is 1. The van der Waals surface area contributed by atoms with Crippen LogP contribution in [0.3, 0.4) is 0 Å². The number of aryl methyl sites for hydroxylation is 3. The third-order valence-corrected chi connectivity index (χ3v) is 5.51. The van der Waals surface area contributed by atoms with Crippen LogP contribution in [-0.2, 0) is 11.2 Å². The third kappa shape index (κ3) is 4.41. The molecule has 4 rings (SSSR count). The molecule has 0 fully saturated rings. The predicted octanol–water partition coefficient (Wildman–Crippen LogP) is 4.16. The van der Waals surface area contributed by atoms with Crippen LogP contribution in [-0.4, -0.2) is 25.5 Å². The van der Waals surface area contributed by atoms with Gasteiger partial charge in [-0.1, -0.05) is 0 Å². The van der Waals surface area contributed by atoms with E-state index in [0.29, 0.717) is 34.6 Å². The fraction of sp³-hybridized carbons (Fsp3) is 0.200. The summed E-state index contributed by atoms with van der Waals surface area (Å²) in [6.07, 6.45) is 3.81. The van der Waals surface area contributed by atoms with E-state index in [-0.39, 0.29) is 18.2 Å². The summed E-state index contributed by atoms with van der Waals surface area (Å²) in [4.78, 5) is 21.3. The van der Waals surface area contributed by atoms with E-state index >= 15 is 0 Å². The first-order valence-corrected chi connectivity index (χ1v) is 10.6. The Morgan fingerprint density at radius 1 is 1.15 bits per heavy atom. The molecule has 0 aliphatic rings. The first kappa shape index (κ1) is 22.4. The van der Waals surface area contributed by atoms with Crippen molar-refractivity contribution < 1.29 is 9.53 Å². The molecule has 0 radical (unpaired) electrons. The number of nitriles is 2. The van der Waals surface area contributed by atoms with Gasteiger partial charge in [0.15, 0.2) is 5.65 Å². The lowest BCUT2D eigenvalue weighted by Gasteiger charge is -2.13. The smallest absolute Gasteiger partial charge is 0.237 e. The Labute approximate surface area is 196 Å². The molecule has 0 saturated carbocycles. The first-order chi connectivity index (χ1) is 16.4. The average molecular weight is 451 g/mol. The second kappa shape index (κ2) is 9.39. The first-order valence-electron chi connectivity index (χ1n) is 10.6. The lowest BCUT2D eigenvalue weighted by Crippen LogP contribution is -2.15. The minimum atomic E-state index is -0.134. The topological polar surface area (TPSA) is 129 Å². The lowest BCUT2D eigenvalue weighted by atomic mass is 10.1. The van der Waals surface area contributed by atoms with E-state index in [9.17, 15) is 15.3 Å². The number of hydrogen-bond acceptors (Lipinski definition) is 7. The summed E-state index contributed by atoms with van der Waals surface area (Å²) in [6, 6.07) is 12.7. The summed E-state index contributed by atoms with van der Waals surface area (Å²) in [7, 11) is 0. The summed E-state index contributed by atoms with van der Waals surface area (Å²) >= 11 is 0. The van der Waals surface area contributed by atoms with Crippen LogP contribution >= 0.6 is 0 Å². The maximum atomic E-state index is 12.7. The zero-order valence-corrected chi connectivity index (χ0v) is 19.0. The molecular weight excluding hydrogens is 430 g/mol. The van der Waals surface area contributed by atoms with Gasteiger partial charge in [-0.05, 0) is 68.7 Å². The maximum Gasteiger partial charge on any atom is 0.237 e. The molecule has 4 aromatic rings. The summed E-state index contributed by atoms with van der Waals surface area (Å²) in [6.45, 7) is 5.64. The van der Waals surface area contributed by atoms with Gasteiger partial charge in [0.25, 0.3) is 0 Å². The summed E-state index contributed by atoms with van der Waals surface area (Å²) in [5, 5.41) is 25.6. The SMILES string of the molecule is Cc1cc(Oc2ncccc2C#N)ccc1NC(=O)CCc1c(C)nc2c(C#N)cnn2c1C. The van der Waals surface area contributed by atoms with Gasteiger partial charge in [0.1, 0.15) is 29.0 Å². The zero-order valence-electron chi connectivity index (χ0n) is 19.0. The fourth-order valence-corrected chi connectivity index (χ4v) is 3.71. The number of carbonyl (C=O) groups excluding carboxylic acids is 1. The summed E-state index contributed by atoms with van der Waals surface area (Å²) in [5.74, 6) is 0.620. The summed E-state index contributed by atoms with van der Waals surface area (Å²) in [5.41, 5.74) is 5.35. The molecule has 0 aliphatic carbocycles. The Morgan fingerprint density at radius 3 is 2.68 bits per heavy atom. The van der Waals surface area contributed by atoms with E-state index in [2.05, 4.69) is 26.5 Å². The number of nitrogens with one attached hydrogen (secondary N) is 1. The number of benzene rings is 1. The monoisotopic (exact) mass is 451 g/mol. The molecule has 0 unspecified atom stereocenters. The molecule has 1 aromatic carbocycles. The van der Waals surface area contributed by atoms with Crippen molar-refractivity contribution in [3.05, 3.63) is 76.4 Å². The van der Waals surface area contributed by atoms with Crippen LogP contribution in [0.1, 0.15) is 40.1 Å². The van der Waals surface area contributed by atoms with Crippen LogP contribution in [0.4, 0.5) is 5.69 Å².